The summed E-state index contributed by atoms with van der Waals surface area (Å²) < 4.78 is 22.8. The summed E-state index contributed by atoms with van der Waals surface area (Å²) in [4.78, 5) is 13.3. The van der Waals surface area contributed by atoms with Gasteiger partial charge in [-0.2, -0.15) is 0 Å². The maximum Gasteiger partial charge on any atom is 0.262 e. The molecule has 2 aliphatic rings. The van der Waals surface area contributed by atoms with Crippen LogP contribution in [0.15, 0.2) is 11.0 Å². The van der Waals surface area contributed by atoms with E-state index >= 15 is 0 Å². The number of halogens is 1. The first-order valence-electron chi connectivity index (χ1n) is 6.72. The van der Waals surface area contributed by atoms with Crippen LogP contribution in [-0.2, 0) is 9.05 Å². The number of hydrogen-bond donors (Lipinski definition) is 1. The first-order valence-corrected chi connectivity index (χ1v) is 9.85. The van der Waals surface area contributed by atoms with Crippen molar-refractivity contribution in [1.29, 1.82) is 0 Å². The van der Waals surface area contributed by atoms with Crippen LogP contribution in [0.25, 0.3) is 0 Å². The first-order chi connectivity index (χ1) is 9.36. The van der Waals surface area contributed by atoms with Gasteiger partial charge in [0, 0.05) is 21.6 Å². The van der Waals surface area contributed by atoms with Crippen molar-refractivity contribution in [1.82, 2.24) is 5.32 Å². The highest BCUT2D eigenvalue weighted by atomic mass is 35.7. The molecule has 2 fully saturated rings. The summed E-state index contributed by atoms with van der Waals surface area (Å²) in [5.74, 6) is 1.06. The Balaban J connectivity index is 1.77. The van der Waals surface area contributed by atoms with Crippen LogP contribution in [0.4, 0.5) is 0 Å². The van der Waals surface area contributed by atoms with Gasteiger partial charge in [-0.1, -0.05) is 0 Å². The molecule has 4 nitrogen and oxygen atoms in total. The van der Waals surface area contributed by atoms with Crippen LogP contribution in [0.1, 0.15) is 40.2 Å². The zero-order valence-electron chi connectivity index (χ0n) is 11.1. The monoisotopic (exact) mass is 333 g/mol. The molecule has 1 aromatic heterocycles. The van der Waals surface area contributed by atoms with Crippen molar-refractivity contribution in [3.05, 3.63) is 15.8 Å². The smallest absolute Gasteiger partial charge is 0.262 e. The Morgan fingerprint density at radius 2 is 1.90 bits per heavy atom. The summed E-state index contributed by atoms with van der Waals surface area (Å²) >= 11 is 1.18. The lowest BCUT2D eigenvalue weighted by Gasteiger charge is -2.16. The molecule has 0 saturated heterocycles. The fourth-order valence-electron chi connectivity index (χ4n) is 2.57. The Hall–Kier alpha value is -0.590. The predicted molar refractivity (Wildman–Crippen MR) is 78.8 cm³/mol. The fraction of sp³-hybridized carbons (Fsp3) is 0.615. The van der Waals surface area contributed by atoms with E-state index in [1.165, 1.54) is 43.1 Å². The van der Waals surface area contributed by atoms with E-state index in [2.05, 4.69) is 5.32 Å². The molecule has 1 aromatic rings. The minimum absolute atomic E-state index is 0.0451. The lowest BCUT2D eigenvalue weighted by molar-refractivity contribution is 0.0930. The molecule has 0 atom stereocenters. The Kier molecular flexibility index (Phi) is 3.59. The third kappa shape index (κ3) is 3.02. The van der Waals surface area contributed by atoms with E-state index < -0.39 is 9.05 Å². The van der Waals surface area contributed by atoms with Crippen LogP contribution in [0, 0.1) is 18.8 Å². The van der Waals surface area contributed by atoms with Crippen LogP contribution < -0.4 is 5.32 Å². The van der Waals surface area contributed by atoms with E-state index in [4.69, 9.17) is 10.7 Å². The van der Waals surface area contributed by atoms with Gasteiger partial charge in [0.05, 0.1) is 9.77 Å². The second-order valence-corrected chi connectivity index (χ2v) is 9.43. The van der Waals surface area contributed by atoms with Gasteiger partial charge < -0.3 is 5.32 Å². The van der Waals surface area contributed by atoms with Gasteiger partial charge in [0.15, 0.2) is 0 Å². The molecule has 1 amide bonds. The van der Waals surface area contributed by atoms with Gasteiger partial charge in [-0.25, -0.2) is 8.42 Å². The van der Waals surface area contributed by atoms with Crippen LogP contribution in [-0.4, -0.2) is 20.4 Å². The van der Waals surface area contributed by atoms with E-state index in [1.807, 2.05) is 0 Å². The standard InChI is InChI=1S/C13H16ClNO3S2/c1-7-11(20(14,17)18)6-10(19-7)13(16)15-12(8-2-3-8)9-4-5-9/h6,8-9,12H,2-5H2,1H3,(H,15,16). The second-order valence-electron chi connectivity index (χ2n) is 5.64. The normalized spacial score (nSPS) is 19.4. The highest BCUT2D eigenvalue weighted by molar-refractivity contribution is 8.13. The Morgan fingerprint density at radius 1 is 1.35 bits per heavy atom. The van der Waals surface area contributed by atoms with Gasteiger partial charge in [-0.3, -0.25) is 4.79 Å². The molecule has 0 unspecified atom stereocenters. The molecule has 0 aromatic carbocycles. The summed E-state index contributed by atoms with van der Waals surface area (Å²) in [6.45, 7) is 1.66. The van der Waals surface area contributed by atoms with Crippen LogP contribution >= 0.6 is 22.0 Å². The molecule has 3 rings (SSSR count). The van der Waals surface area contributed by atoms with Crippen LogP contribution in [0.3, 0.4) is 0 Å². The number of carbonyl (C=O) groups excluding carboxylic acids is 1. The fourth-order valence-corrected chi connectivity index (χ4v) is 5.14. The minimum Gasteiger partial charge on any atom is -0.348 e. The number of nitrogens with one attached hydrogen (secondary N) is 1. The highest BCUT2D eigenvalue weighted by Gasteiger charge is 2.42. The van der Waals surface area contributed by atoms with Gasteiger partial charge in [0.2, 0.25) is 0 Å². The topological polar surface area (TPSA) is 63.2 Å². The molecular weight excluding hydrogens is 318 g/mol. The number of carbonyl (C=O) groups is 1. The number of thiophene rings is 1. The van der Waals surface area contributed by atoms with Crippen LogP contribution in [0.5, 0.6) is 0 Å². The third-order valence-electron chi connectivity index (χ3n) is 3.92. The summed E-state index contributed by atoms with van der Waals surface area (Å²) in [6.07, 6.45) is 4.75. The minimum atomic E-state index is -3.78. The average molecular weight is 334 g/mol. The van der Waals surface area contributed by atoms with E-state index in [0.717, 1.165) is 0 Å². The van der Waals surface area contributed by atoms with Crippen molar-refractivity contribution in [2.24, 2.45) is 11.8 Å². The summed E-state index contributed by atoms with van der Waals surface area (Å²) in [7, 11) is 1.58. The Bertz CT molecular complexity index is 633. The highest BCUT2D eigenvalue weighted by Crippen LogP contribution is 2.44. The number of hydrogen-bond acceptors (Lipinski definition) is 4. The maximum atomic E-state index is 12.3. The van der Waals surface area contributed by atoms with E-state index in [9.17, 15) is 13.2 Å². The van der Waals surface area contributed by atoms with Gasteiger partial charge in [0.1, 0.15) is 0 Å². The SMILES string of the molecule is Cc1sc(C(=O)NC(C2CC2)C2CC2)cc1S(=O)(=O)Cl. The lowest BCUT2D eigenvalue weighted by atomic mass is 10.1. The van der Waals surface area contributed by atoms with E-state index in [-0.39, 0.29) is 16.8 Å². The molecule has 1 heterocycles. The molecule has 2 saturated carbocycles. The number of aryl methyl sites for hydroxylation is 1. The van der Waals surface area contributed by atoms with Crippen LogP contribution in [0.2, 0.25) is 0 Å². The van der Waals surface area contributed by atoms with Gasteiger partial charge in [-0.05, 0) is 50.5 Å². The molecule has 7 heteroatoms. The average Bonchev–Trinajstić information content (AvgIpc) is 3.22. The van der Waals surface area contributed by atoms with Gasteiger partial charge in [-0.15, -0.1) is 11.3 Å². The molecule has 0 aliphatic heterocycles. The summed E-state index contributed by atoms with van der Waals surface area (Å²) in [6, 6.07) is 1.65. The predicted octanol–water partition coefficient (Wildman–Crippen LogP) is 2.90. The zero-order chi connectivity index (χ0) is 14.5. The largest absolute Gasteiger partial charge is 0.348 e. The summed E-state index contributed by atoms with van der Waals surface area (Å²) in [5, 5.41) is 3.08. The Labute approximate surface area is 126 Å². The lowest BCUT2D eigenvalue weighted by Crippen LogP contribution is -2.37. The Morgan fingerprint density at radius 3 is 2.30 bits per heavy atom. The van der Waals surface area contributed by atoms with Crippen molar-refractivity contribution in [3.8, 4) is 0 Å². The molecule has 2 aliphatic carbocycles. The van der Waals surface area contributed by atoms with Crippen molar-refractivity contribution in [2.45, 2.75) is 43.5 Å². The first kappa shape index (κ1) is 14.4. The molecule has 0 spiro atoms. The number of amides is 1. The van der Waals surface area contributed by atoms with Crippen molar-refractivity contribution in [3.63, 3.8) is 0 Å². The van der Waals surface area contributed by atoms with Crippen molar-refractivity contribution < 1.29 is 13.2 Å². The van der Waals surface area contributed by atoms with E-state index in [1.54, 1.807) is 6.92 Å². The zero-order valence-corrected chi connectivity index (χ0v) is 13.4. The molecular formula is C13H16ClNO3S2. The molecule has 0 radical (unpaired) electrons. The molecule has 110 valence electrons. The molecule has 1 N–H and O–H groups in total. The number of rotatable bonds is 5. The summed E-state index contributed by atoms with van der Waals surface area (Å²) in [5.41, 5.74) is 0. The van der Waals surface area contributed by atoms with Crippen molar-refractivity contribution in [2.75, 3.05) is 0 Å². The maximum absolute atomic E-state index is 12.3. The second kappa shape index (κ2) is 5.00. The molecule has 0 bridgehead atoms. The molecule has 20 heavy (non-hydrogen) atoms. The van der Waals surface area contributed by atoms with E-state index in [0.29, 0.717) is 21.6 Å². The van der Waals surface area contributed by atoms with Gasteiger partial charge in [0.25, 0.3) is 15.0 Å². The van der Waals surface area contributed by atoms with Crippen molar-refractivity contribution >= 4 is 37.0 Å². The third-order valence-corrected chi connectivity index (χ3v) is 6.54. The van der Waals surface area contributed by atoms with Gasteiger partial charge >= 0.3 is 0 Å². The quantitative estimate of drug-likeness (QED) is 0.843.